The number of likely N-dealkylation sites (tertiary alicyclic amines) is 1. The Labute approximate surface area is 125 Å². The van der Waals surface area contributed by atoms with Crippen molar-refractivity contribution in [3.05, 3.63) is 0 Å². The maximum absolute atomic E-state index is 12.4. The van der Waals surface area contributed by atoms with Gasteiger partial charge < -0.3 is 10.1 Å². The third-order valence-electron chi connectivity index (χ3n) is 4.80. The molecule has 2 aliphatic heterocycles. The van der Waals surface area contributed by atoms with Gasteiger partial charge in [0.2, 0.25) is 11.8 Å². The normalized spacial score (nSPS) is 28.8. The number of imide groups is 1. The second-order valence-corrected chi connectivity index (χ2v) is 6.21. The summed E-state index contributed by atoms with van der Waals surface area (Å²) in [5, 5.41) is 3.27. The number of hydrogen-bond donors (Lipinski definition) is 1. The molecule has 3 aliphatic rings. The van der Waals surface area contributed by atoms with E-state index in [9.17, 15) is 9.59 Å². The van der Waals surface area contributed by atoms with Crippen molar-refractivity contribution in [3.8, 4) is 0 Å². The van der Waals surface area contributed by atoms with Crippen LogP contribution in [0.15, 0.2) is 0 Å². The summed E-state index contributed by atoms with van der Waals surface area (Å²) in [6.07, 6.45) is 4.57. The van der Waals surface area contributed by atoms with Gasteiger partial charge in [0.05, 0.1) is 25.7 Å². The zero-order chi connectivity index (χ0) is 14.7. The molecule has 1 N–H and O–H groups in total. The van der Waals surface area contributed by atoms with E-state index in [0.29, 0.717) is 6.42 Å². The summed E-state index contributed by atoms with van der Waals surface area (Å²) in [6, 6.07) is -0.143. The SMILES string of the molecule is O=C1CC(NCCN2CCOCC2)C(=O)N1C1CCCC1. The fourth-order valence-electron chi connectivity index (χ4n) is 3.58. The van der Waals surface area contributed by atoms with E-state index in [-0.39, 0.29) is 23.9 Å². The molecule has 3 fully saturated rings. The van der Waals surface area contributed by atoms with Crippen LogP contribution in [0.4, 0.5) is 0 Å². The van der Waals surface area contributed by atoms with Crippen molar-refractivity contribution in [3.63, 3.8) is 0 Å². The molecule has 0 radical (unpaired) electrons. The maximum atomic E-state index is 12.4. The highest BCUT2D eigenvalue weighted by atomic mass is 16.5. The van der Waals surface area contributed by atoms with Crippen molar-refractivity contribution in [2.75, 3.05) is 39.4 Å². The van der Waals surface area contributed by atoms with E-state index < -0.39 is 0 Å². The predicted octanol–water partition coefficient (Wildman–Crippen LogP) is -0.0217. The monoisotopic (exact) mass is 295 g/mol. The van der Waals surface area contributed by atoms with E-state index >= 15 is 0 Å². The molecule has 2 saturated heterocycles. The van der Waals surface area contributed by atoms with Gasteiger partial charge in [0.1, 0.15) is 0 Å². The highest BCUT2D eigenvalue weighted by Crippen LogP contribution is 2.28. The van der Waals surface area contributed by atoms with Gasteiger partial charge in [-0.25, -0.2) is 0 Å². The Morgan fingerprint density at radius 3 is 2.57 bits per heavy atom. The number of rotatable bonds is 5. The predicted molar refractivity (Wildman–Crippen MR) is 77.8 cm³/mol. The summed E-state index contributed by atoms with van der Waals surface area (Å²) in [6.45, 7) is 5.14. The van der Waals surface area contributed by atoms with E-state index in [1.165, 1.54) is 0 Å². The number of nitrogens with one attached hydrogen (secondary N) is 1. The molecule has 1 aliphatic carbocycles. The Morgan fingerprint density at radius 2 is 1.86 bits per heavy atom. The maximum Gasteiger partial charge on any atom is 0.247 e. The van der Waals surface area contributed by atoms with E-state index in [4.69, 9.17) is 4.74 Å². The molecule has 0 aromatic carbocycles. The molecule has 0 bridgehead atoms. The molecular weight excluding hydrogens is 270 g/mol. The van der Waals surface area contributed by atoms with Crippen molar-refractivity contribution >= 4 is 11.8 Å². The minimum absolute atomic E-state index is 0.00567. The van der Waals surface area contributed by atoms with Crippen LogP contribution in [0.25, 0.3) is 0 Å². The van der Waals surface area contributed by atoms with Crippen LogP contribution < -0.4 is 5.32 Å². The van der Waals surface area contributed by atoms with Crippen molar-refractivity contribution in [1.82, 2.24) is 15.1 Å². The van der Waals surface area contributed by atoms with Gasteiger partial charge in [-0.15, -0.1) is 0 Å². The number of nitrogens with zero attached hydrogens (tertiary/aromatic N) is 2. The largest absolute Gasteiger partial charge is 0.379 e. The molecule has 2 heterocycles. The van der Waals surface area contributed by atoms with Crippen LogP contribution in [0.5, 0.6) is 0 Å². The zero-order valence-corrected chi connectivity index (χ0v) is 12.6. The number of ether oxygens (including phenoxy) is 1. The first-order chi connectivity index (χ1) is 10.3. The Kier molecular flexibility index (Phi) is 4.87. The molecule has 21 heavy (non-hydrogen) atoms. The summed E-state index contributed by atoms with van der Waals surface area (Å²) < 4.78 is 5.31. The first kappa shape index (κ1) is 14.9. The standard InChI is InChI=1S/C15H25N3O3/c19-14-11-13(15(20)18(14)12-3-1-2-4-12)16-5-6-17-7-9-21-10-8-17/h12-13,16H,1-11H2. The number of carbonyl (C=O) groups excluding carboxylic acids is 2. The van der Waals surface area contributed by atoms with Crippen molar-refractivity contribution in [1.29, 1.82) is 0 Å². The number of morpholine rings is 1. The molecule has 1 saturated carbocycles. The van der Waals surface area contributed by atoms with Crippen LogP contribution in [0.1, 0.15) is 32.1 Å². The van der Waals surface area contributed by atoms with Crippen molar-refractivity contribution in [2.24, 2.45) is 0 Å². The van der Waals surface area contributed by atoms with Gasteiger partial charge in [-0.2, -0.15) is 0 Å². The Bertz CT molecular complexity index is 390. The second-order valence-electron chi connectivity index (χ2n) is 6.21. The van der Waals surface area contributed by atoms with Gasteiger partial charge >= 0.3 is 0 Å². The lowest BCUT2D eigenvalue weighted by molar-refractivity contribution is -0.141. The van der Waals surface area contributed by atoms with Crippen LogP contribution in [0.2, 0.25) is 0 Å². The molecule has 0 aromatic heterocycles. The third kappa shape index (κ3) is 3.44. The van der Waals surface area contributed by atoms with Crippen LogP contribution >= 0.6 is 0 Å². The number of hydrogen-bond acceptors (Lipinski definition) is 5. The molecular formula is C15H25N3O3. The topological polar surface area (TPSA) is 61.9 Å². The molecule has 0 aromatic rings. The first-order valence-electron chi connectivity index (χ1n) is 8.15. The van der Waals surface area contributed by atoms with E-state index in [0.717, 1.165) is 65.1 Å². The van der Waals surface area contributed by atoms with Crippen LogP contribution in [0, 0.1) is 0 Å². The fourth-order valence-corrected chi connectivity index (χ4v) is 3.58. The summed E-state index contributed by atoms with van der Waals surface area (Å²) >= 11 is 0. The number of carbonyl (C=O) groups is 2. The molecule has 0 spiro atoms. The Hall–Kier alpha value is -0.980. The second kappa shape index (κ2) is 6.85. The fraction of sp³-hybridized carbons (Fsp3) is 0.867. The highest BCUT2D eigenvalue weighted by molar-refractivity contribution is 6.05. The van der Waals surface area contributed by atoms with E-state index in [2.05, 4.69) is 10.2 Å². The quantitative estimate of drug-likeness (QED) is 0.722. The van der Waals surface area contributed by atoms with Crippen LogP contribution in [-0.4, -0.2) is 73.1 Å². The average Bonchev–Trinajstić information content (AvgIpc) is 3.09. The van der Waals surface area contributed by atoms with E-state index in [1.807, 2.05) is 0 Å². The van der Waals surface area contributed by atoms with Crippen molar-refractivity contribution in [2.45, 2.75) is 44.2 Å². The highest BCUT2D eigenvalue weighted by Gasteiger charge is 2.42. The average molecular weight is 295 g/mol. The number of amides is 2. The molecule has 6 nitrogen and oxygen atoms in total. The van der Waals surface area contributed by atoms with Crippen molar-refractivity contribution < 1.29 is 14.3 Å². The Morgan fingerprint density at radius 1 is 1.14 bits per heavy atom. The van der Waals surface area contributed by atoms with Gasteiger partial charge in [0.15, 0.2) is 0 Å². The zero-order valence-electron chi connectivity index (χ0n) is 12.6. The summed E-state index contributed by atoms with van der Waals surface area (Å²) in [4.78, 5) is 28.3. The summed E-state index contributed by atoms with van der Waals surface area (Å²) in [5.41, 5.74) is 0. The molecule has 1 atom stereocenters. The minimum atomic E-state index is -0.306. The molecule has 2 amide bonds. The molecule has 118 valence electrons. The summed E-state index contributed by atoms with van der Waals surface area (Å²) in [5.74, 6) is 0.00431. The van der Waals surface area contributed by atoms with Gasteiger partial charge in [-0.1, -0.05) is 12.8 Å². The molecule has 3 rings (SSSR count). The van der Waals surface area contributed by atoms with Crippen LogP contribution in [-0.2, 0) is 14.3 Å². The minimum Gasteiger partial charge on any atom is -0.379 e. The molecule has 6 heteroatoms. The summed E-state index contributed by atoms with van der Waals surface area (Å²) in [7, 11) is 0. The molecule has 1 unspecified atom stereocenters. The first-order valence-corrected chi connectivity index (χ1v) is 8.15. The van der Waals surface area contributed by atoms with Crippen LogP contribution in [0.3, 0.4) is 0 Å². The lowest BCUT2D eigenvalue weighted by atomic mass is 10.2. The van der Waals surface area contributed by atoms with Gasteiger partial charge in [-0.3, -0.25) is 19.4 Å². The Balaban J connectivity index is 1.45. The van der Waals surface area contributed by atoms with Gasteiger partial charge in [-0.05, 0) is 12.8 Å². The van der Waals surface area contributed by atoms with Gasteiger partial charge in [0, 0.05) is 32.2 Å². The third-order valence-corrected chi connectivity index (χ3v) is 4.80. The van der Waals surface area contributed by atoms with Gasteiger partial charge in [0.25, 0.3) is 0 Å². The lowest BCUT2D eigenvalue weighted by Crippen LogP contribution is -2.46. The van der Waals surface area contributed by atoms with E-state index in [1.54, 1.807) is 4.90 Å². The lowest BCUT2D eigenvalue weighted by Gasteiger charge is -2.27. The smallest absolute Gasteiger partial charge is 0.247 e.